The largest absolute Gasteiger partial charge is 0.496 e. The summed E-state index contributed by atoms with van der Waals surface area (Å²) in [7, 11) is 3.26. The number of benzene rings is 2. The second-order valence-corrected chi connectivity index (χ2v) is 4.90. The van der Waals surface area contributed by atoms with E-state index in [1.165, 1.54) is 0 Å². The van der Waals surface area contributed by atoms with Gasteiger partial charge in [0.05, 0.1) is 20.6 Å². The molecule has 0 aliphatic heterocycles. The van der Waals surface area contributed by atoms with Crippen molar-refractivity contribution in [3.8, 4) is 11.5 Å². The molecule has 4 heteroatoms. The minimum absolute atomic E-state index is 0.0144. The minimum Gasteiger partial charge on any atom is -0.496 e. The summed E-state index contributed by atoms with van der Waals surface area (Å²) in [4.78, 5) is 12.0. The number of rotatable bonds is 7. The Kier molecular flexibility index (Phi) is 5.83. The Bertz CT molecular complexity index is 625. The molecule has 0 aromatic heterocycles. The Balaban J connectivity index is 1.85. The van der Waals surface area contributed by atoms with Gasteiger partial charge in [0, 0.05) is 12.1 Å². The van der Waals surface area contributed by atoms with Crippen molar-refractivity contribution in [1.29, 1.82) is 0 Å². The second-order valence-electron chi connectivity index (χ2n) is 4.90. The van der Waals surface area contributed by atoms with Crippen LogP contribution in [0.3, 0.4) is 0 Å². The van der Waals surface area contributed by atoms with Crippen molar-refractivity contribution in [3.63, 3.8) is 0 Å². The Hall–Kier alpha value is -2.49. The van der Waals surface area contributed by atoms with Crippen molar-refractivity contribution in [2.24, 2.45) is 0 Å². The molecule has 0 aliphatic rings. The first-order chi connectivity index (χ1) is 10.7. The third-order valence-corrected chi connectivity index (χ3v) is 3.45. The SMILES string of the molecule is COc1ccccc1CCNC(=O)Cc1ccccc1OC. The molecule has 0 aliphatic carbocycles. The van der Waals surface area contributed by atoms with Crippen LogP contribution in [-0.2, 0) is 17.6 Å². The minimum atomic E-state index is -0.0144. The number of methoxy groups -OCH3 is 2. The van der Waals surface area contributed by atoms with Crippen LogP contribution < -0.4 is 14.8 Å². The molecule has 1 amide bonds. The number of carbonyl (C=O) groups is 1. The summed E-state index contributed by atoms with van der Waals surface area (Å²) in [5.74, 6) is 1.57. The molecule has 2 rings (SSSR count). The molecule has 22 heavy (non-hydrogen) atoms. The number of nitrogens with one attached hydrogen (secondary N) is 1. The second kappa shape index (κ2) is 8.08. The molecular formula is C18H21NO3. The van der Waals surface area contributed by atoms with Crippen LogP contribution in [0.1, 0.15) is 11.1 Å². The van der Waals surface area contributed by atoms with E-state index in [-0.39, 0.29) is 5.91 Å². The Morgan fingerprint density at radius 1 is 0.909 bits per heavy atom. The highest BCUT2D eigenvalue weighted by molar-refractivity contribution is 5.79. The zero-order valence-corrected chi connectivity index (χ0v) is 13.0. The summed E-state index contributed by atoms with van der Waals surface area (Å²) in [5, 5.41) is 2.93. The van der Waals surface area contributed by atoms with Crippen LogP contribution in [0.4, 0.5) is 0 Å². The topological polar surface area (TPSA) is 47.6 Å². The van der Waals surface area contributed by atoms with Gasteiger partial charge in [-0.1, -0.05) is 36.4 Å². The molecular weight excluding hydrogens is 278 g/mol. The van der Waals surface area contributed by atoms with Gasteiger partial charge in [-0.15, -0.1) is 0 Å². The average molecular weight is 299 g/mol. The lowest BCUT2D eigenvalue weighted by Gasteiger charge is -2.10. The number of carbonyl (C=O) groups excluding carboxylic acids is 1. The van der Waals surface area contributed by atoms with E-state index in [2.05, 4.69) is 5.32 Å². The van der Waals surface area contributed by atoms with Crippen LogP contribution in [-0.4, -0.2) is 26.7 Å². The highest BCUT2D eigenvalue weighted by Gasteiger charge is 2.08. The molecule has 0 radical (unpaired) electrons. The van der Waals surface area contributed by atoms with Gasteiger partial charge in [0.2, 0.25) is 5.91 Å². The van der Waals surface area contributed by atoms with Crippen LogP contribution >= 0.6 is 0 Å². The first-order valence-electron chi connectivity index (χ1n) is 7.25. The quantitative estimate of drug-likeness (QED) is 0.855. The molecule has 0 saturated carbocycles. The standard InChI is InChI=1S/C18H21NO3/c1-21-16-9-5-3-7-14(16)11-12-19-18(20)13-15-8-4-6-10-17(15)22-2/h3-10H,11-13H2,1-2H3,(H,19,20). The van der Waals surface area contributed by atoms with Gasteiger partial charge >= 0.3 is 0 Å². The number of para-hydroxylation sites is 2. The van der Waals surface area contributed by atoms with Gasteiger partial charge in [0.15, 0.2) is 0 Å². The van der Waals surface area contributed by atoms with Gasteiger partial charge in [-0.3, -0.25) is 4.79 Å². The molecule has 4 nitrogen and oxygen atoms in total. The number of amides is 1. The monoisotopic (exact) mass is 299 g/mol. The lowest BCUT2D eigenvalue weighted by atomic mass is 10.1. The van der Waals surface area contributed by atoms with E-state index >= 15 is 0 Å². The fraction of sp³-hybridized carbons (Fsp3) is 0.278. The van der Waals surface area contributed by atoms with E-state index in [1.54, 1.807) is 14.2 Å². The van der Waals surface area contributed by atoms with Crippen molar-refractivity contribution in [1.82, 2.24) is 5.32 Å². The Labute approximate surface area is 131 Å². The van der Waals surface area contributed by atoms with Gasteiger partial charge < -0.3 is 14.8 Å². The molecule has 2 aromatic carbocycles. The third kappa shape index (κ3) is 4.25. The molecule has 0 unspecified atom stereocenters. The zero-order valence-electron chi connectivity index (χ0n) is 13.0. The Morgan fingerprint density at radius 2 is 1.45 bits per heavy atom. The smallest absolute Gasteiger partial charge is 0.224 e. The van der Waals surface area contributed by atoms with Crippen LogP contribution in [0.25, 0.3) is 0 Å². The van der Waals surface area contributed by atoms with Crippen molar-refractivity contribution in [2.45, 2.75) is 12.8 Å². The van der Waals surface area contributed by atoms with E-state index < -0.39 is 0 Å². The van der Waals surface area contributed by atoms with Crippen molar-refractivity contribution in [2.75, 3.05) is 20.8 Å². The number of hydrogen-bond acceptors (Lipinski definition) is 3. The normalized spacial score (nSPS) is 10.1. The first kappa shape index (κ1) is 15.9. The van der Waals surface area contributed by atoms with Crippen molar-refractivity contribution >= 4 is 5.91 Å². The van der Waals surface area contributed by atoms with Crippen LogP contribution in [0.5, 0.6) is 11.5 Å². The maximum absolute atomic E-state index is 12.0. The van der Waals surface area contributed by atoms with Gasteiger partial charge in [-0.25, -0.2) is 0 Å². The summed E-state index contributed by atoms with van der Waals surface area (Å²) in [6.45, 7) is 0.578. The van der Waals surface area contributed by atoms with Crippen molar-refractivity contribution < 1.29 is 14.3 Å². The fourth-order valence-electron chi connectivity index (χ4n) is 2.33. The summed E-state index contributed by atoms with van der Waals surface area (Å²) < 4.78 is 10.6. The highest BCUT2D eigenvalue weighted by Crippen LogP contribution is 2.18. The third-order valence-electron chi connectivity index (χ3n) is 3.45. The lowest BCUT2D eigenvalue weighted by Crippen LogP contribution is -2.27. The molecule has 0 bridgehead atoms. The number of ether oxygens (including phenoxy) is 2. The maximum atomic E-state index is 12.0. The molecule has 0 heterocycles. The van der Waals surface area contributed by atoms with E-state index in [0.717, 1.165) is 29.0 Å². The molecule has 1 N–H and O–H groups in total. The summed E-state index contributed by atoms with van der Waals surface area (Å²) in [5.41, 5.74) is 1.97. The summed E-state index contributed by atoms with van der Waals surface area (Å²) >= 11 is 0. The predicted octanol–water partition coefficient (Wildman–Crippen LogP) is 2.61. The van der Waals surface area contributed by atoms with Crippen LogP contribution in [0, 0.1) is 0 Å². The summed E-state index contributed by atoms with van der Waals surface area (Å²) in [6.07, 6.45) is 1.05. The highest BCUT2D eigenvalue weighted by atomic mass is 16.5. The molecule has 2 aromatic rings. The maximum Gasteiger partial charge on any atom is 0.224 e. The fourth-order valence-corrected chi connectivity index (χ4v) is 2.33. The lowest BCUT2D eigenvalue weighted by molar-refractivity contribution is -0.120. The first-order valence-corrected chi connectivity index (χ1v) is 7.25. The molecule has 116 valence electrons. The van der Waals surface area contributed by atoms with E-state index in [4.69, 9.17) is 9.47 Å². The molecule has 0 fully saturated rings. The van der Waals surface area contributed by atoms with Gasteiger partial charge in [0.1, 0.15) is 11.5 Å². The molecule has 0 spiro atoms. The van der Waals surface area contributed by atoms with E-state index in [0.29, 0.717) is 13.0 Å². The predicted molar refractivity (Wildman–Crippen MR) is 86.4 cm³/mol. The van der Waals surface area contributed by atoms with Gasteiger partial charge in [-0.2, -0.15) is 0 Å². The van der Waals surface area contributed by atoms with Gasteiger partial charge in [-0.05, 0) is 24.1 Å². The number of hydrogen-bond donors (Lipinski definition) is 1. The van der Waals surface area contributed by atoms with Crippen LogP contribution in [0.2, 0.25) is 0 Å². The van der Waals surface area contributed by atoms with E-state index in [1.807, 2.05) is 48.5 Å². The molecule has 0 atom stereocenters. The van der Waals surface area contributed by atoms with Crippen LogP contribution in [0.15, 0.2) is 48.5 Å². The Morgan fingerprint density at radius 3 is 2.09 bits per heavy atom. The summed E-state index contributed by atoms with van der Waals surface area (Å²) in [6, 6.07) is 15.4. The van der Waals surface area contributed by atoms with Gasteiger partial charge in [0.25, 0.3) is 0 Å². The molecule has 0 saturated heterocycles. The van der Waals surface area contributed by atoms with Crippen molar-refractivity contribution in [3.05, 3.63) is 59.7 Å². The van der Waals surface area contributed by atoms with E-state index in [9.17, 15) is 4.79 Å². The average Bonchev–Trinajstić information content (AvgIpc) is 2.55. The zero-order chi connectivity index (χ0) is 15.8.